The highest BCUT2D eigenvalue weighted by Crippen LogP contribution is 2.25. The maximum Gasteiger partial charge on any atom is 0.306 e. The molecule has 19 heavy (non-hydrogen) atoms. The van der Waals surface area contributed by atoms with Gasteiger partial charge in [-0.3, -0.25) is 9.59 Å². The number of aryl methyl sites for hydroxylation is 1. The van der Waals surface area contributed by atoms with Gasteiger partial charge in [-0.15, -0.1) is 0 Å². The van der Waals surface area contributed by atoms with Gasteiger partial charge in [0.25, 0.3) is 0 Å². The molecule has 0 fully saturated rings. The summed E-state index contributed by atoms with van der Waals surface area (Å²) in [6.07, 6.45) is 0.781. The van der Waals surface area contributed by atoms with E-state index in [1.165, 1.54) is 12.1 Å². The van der Waals surface area contributed by atoms with Gasteiger partial charge in [0, 0.05) is 12.8 Å². The third kappa shape index (κ3) is 5.76. The molecule has 6 heteroatoms. The van der Waals surface area contributed by atoms with Crippen LogP contribution < -0.4 is 0 Å². The number of phenols is 2. The van der Waals surface area contributed by atoms with E-state index in [-0.39, 0.29) is 30.9 Å². The standard InChI is InChI=1S/C13H16O6/c14-10-5-3-9(8-11(10)15)4-6-13(18)19-7-1-2-12(16)17/h3,5,8,14-15H,1-2,4,6-7H2,(H,16,17). The van der Waals surface area contributed by atoms with Gasteiger partial charge in [0.1, 0.15) is 0 Å². The first-order valence-corrected chi connectivity index (χ1v) is 5.87. The van der Waals surface area contributed by atoms with Crippen LogP contribution in [0.1, 0.15) is 24.8 Å². The monoisotopic (exact) mass is 268 g/mol. The SMILES string of the molecule is O=C(O)CCCOC(=O)CCc1ccc(O)c(O)c1. The van der Waals surface area contributed by atoms with Crippen molar-refractivity contribution in [2.45, 2.75) is 25.7 Å². The van der Waals surface area contributed by atoms with Crippen LogP contribution in [0.25, 0.3) is 0 Å². The van der Waals surface area contributed by atoms with Gasteiger partial charge in [0.15, 0.2) is 11.5 Å². The molecule has 0 aromatic heterocycles. The number of rotatable bonds is 7. The third-order valence-corrected chi connectivity index (χ3v) is 2.46. The van der Waals surface area contributed by atoms with Crippen LogP contribution in [-0.2, 0) is 20.7 Å². The van der Waals surface area contributed by atoms with Crippen molar-refractivity contribution in [3.63, 3.8) is 0 Å². The Labute approximate surface area is 110 Å². The summed E-state index contributed by atoms with van der Waals surface area (Å²) in [5.74, 6) is -1.78. The number of phenolic OH excluding ortho intramolecular Hbond substituents is 2. The number of esters is 1. The lowest BCUT2D eigenvalue weighted by Gasteiger charge is -2.05. The van der Waals surface area contributed by atoms with Crippen molar-refractivity contribution in [1.82, 2.24) is 0 Å². The predicted octanol–water partition coefficient (Wildman–Crippen LogP) is 1.44. The Morgan fingerprint density at radius 3 is 2.47 bits per heavy atom. The molecule has 0 unspecified atom stereocenters. The highest BCUT2D eigenvalue weighted by Gasteiger charge is 2.06. The quantitative estimate of drug-likeness (QED) is 0.392. The van der Waals surface area contributed by atoms with E-state index >= 15 is 0 Å². The second-order valence-electron chi connectivity index (χ2n) is 4.04. The number of carbonyl (C=O) groups excluding carboxylic acids is 1. The van der Waals surface area contributed by atoms with E-state index in [2.05, 4.69) is 0 Å². The number of hydrogen-bond donors (Lipinski definition) is 3. The Morgan fingerprint density at radius 1 is 1.11 bits per heavy atom. The van der Waals surface area contributed by atoms with Gasteiger partial charge in [-0.25, -0.2) is 0 Å². The molecule has 1 aromatic carbocycles. The molecule has 3 N–H and O–H groups in total. The van der Waals surface area contributed by atoms with Gasteiger partial charge >= 0.3 is 11.9 Å². The molecule has 0 atom stereocenters. The second kappa shape index (κ2) is 7.25. The summed E-state index contributed by atoms with van der Waals surface area (Å²) in [5.41, 5.74) is 0.706. The summed E-state index contributed by atoms with van der Waals surface area (Å²) in [4.78, 5) is 21.6. The molecule has 0 saturated carbocycles. The van der Waals surface area contributed by atoms with E-state index < -0.39 is 11.9 Å². The molecule has 0 bridgehead atoms. The van der Waals surface area contributed by atoms with Crippen molar-refractivity contribution in [3.8, 4) is 11.5 Å². The number of benzene rings is 1. The molecule has 104 valence electrons. The Hall–Kier alpha value is -2.24. The lowest BCUT2D eigenvalue weighted by molar-refractivity contribution is -0.145. The van der Waals surface area contributed by atoms with Gasteiger partial charge < -0.3 is 20.1 Å². The van der Waals surface area contributed by atoms with E-state index in [0.717, 1.165) is 0 Å². The Balaban J connectivity index is 2.26. The van der Waals surface area contributed by atoms with E-state index in [1.807, 2.05) is 0 Å². The first kappa shape index (κ1) is 14.8. The number of aliphatic carboxylic acids is 1. The fourth-order valence-electron chi connectivity index (χ4n) is 1.45. The fourth-order valence-corrected chi connectivity index (χ4v) is 1.45. The summed E-state index contributed by atoms with van der Waals surface area (Å²) in [7, 11) is 0. The fraction of sp³-hybridized carbons (Fsp3) is 0.385. The highest BCUT2D eigenvalue weighted by molar-refractivity contribution is 5.70. The van der Waals surface area contributed by atoms with Crippen LogP contribution in [0.15, 0.2) is 18.2 Å². The minimum absolute atomic E-state index is 0.0287. The van der Waals surface area contributed by atoms with E-state index in [1.54, 1.807) is 6.07 Å². The minimum atomic E-state index is -0.921. The summed E-state index contributed by atoms with van der Waals surface area (Å²) in [6.45, 7) is 0.0892. The van der Waals surface area contributed by atoms with Crippen LogP contribution in [0.4, 0.5) is 0 Å². The van der Waals surface area contributed by atoms with Crippen LogP contribution in [-0.4, -0.2) is 33.9 Å². The number of carboxylic acids is 1. The van der Waals surface area contributed by atoms with Gasteiger partial charge in [0.05, 0.1) is 6.61 Å². The normalized spacial score (nSPS) is 10.1. The van der Waals surface area contributed by atoms with Crippen molar-refractivity contribution in [2.24, 2.45) is 0 Å². The number of ether oxygens (including phenoxy) is 1. The molecule has 1 aromatic rings. The topological polar surface area (TPSA) is 104 Å². The molecule has 6 nitrogen and oxygen atoms in total. The minimum Gasteiger partial charge on any atom is -0.504 e. The average molecular weight is 268 g/mol. The molecule has 0 spiro atoms. The van der Waals surface area contributed by atoms with E-state index in [4.69, 9.17) is 14.9 Å². The van der Waals surface area contributed by atoms with E-state index in [0.29, 0.717) is 18.4 Å². The zero-order chi connectivity index (χ0) is 14.3. The molecule has 1 rings (SSSR count). The van der Waals surface area contributed by atoms with Crippen LogP contribution in [0.2, 0.25) is 0 Å². The lowest BCUT2D eigenvalue weighted by Crippen LogP contribution is -2.08. The van der Waals surface area contributed by atoms with Crippen LogP contribution in [0.5, 0.6) is 11.5 Å². The Kier molecular flexibility index (Phi) is 5.66. The maximum absolute atomic E-state index is 11.3. The number of aromatic hydroxyl groups is 2. The molecule has 0 heterocycles. The molecule has 0 aliphatic carbocycles. The van der Waals surface area contributed by atoms with Crippen molar-refractivity contribution >= 4 is 11.9 Å². The van der Waals surface area contributed by atoms with Crippen LogP contribution >= 0.6 is 0 Å². The van der Waals surface area contributed by atoms with Crippen molar-refractivity contribution in [1.29, 1.82) is 0 Å². The first-order chi connectivity index (χ1) is 8.99. The van der Waals surface area contributed by atoms with Crippen molar-refractivity contribution in [3.05, 3.63) is 23.8 Å². The second-order valence-corrected chi connectivity index (χ2v) is 4.04. The number of hydrogen-bond acceptors (Lipinski definition) is 5. The smallest absolute Gasteiger partial charge is 0.306 e. The highest BCUT2D eigenvalue weighted by atomic mass is 16.5. The molecular formula is C13H16O6. The summed E-state index contributed by atoms with van der Waals surface area (Å²) in [5, 5.41) is 26.8. The lowest BCUT2D eigenvalue weighted by atomic mass is 10.1. The Bertz CT molecular complexity index is 454. The molecule has 0 aliphatic rings. The molecule has 0 aliphatic heterocycles. The van der Waals surface area contributed by atoms with Gasteiger partial charge in [-0.1, -0.05) is 6.07 Å². The molecule has 0 amide bonds. The van der Waals surface area contributed by atoms with Gasteiger partial charge in [-0.2, -0.15) is 0 Å². The zero-order valence-electron chi connectivity index (χ0n) is 10.3. The van der Waals surface area contributed by atoms with Crippen molar-refractivity contribution in [2.75, 3.05) is 6.61 Å². The maximum atomic E-state index is 11.3. The summed E-state index contributed by atoms with van der Waals surface area (Å²) >= 11 is 0. The summed E-state index contributed by atoms with van der Waals surface area (Å²) in [6, 6.07) is 4.34. The molecule has 0 saturated heterocycles. The van der Waals surface area contributed by atoms with Gasteiger partial charge in [-0.05, 0) is 30.5 Å². The van der Waals surface area contributed by atoms with Crippen LogP contribution in [0, 0.1) is 0 Å². The Morgan fingerprint density at radius 2 is 1.84 bits per heavy atom. The number of carbonyl (C=O) groups is 2. The zero-order valence-corrected chi connectivity index (χ0v) is 10.3. The molecular weight excluding hydrogens is 252 g/mol. The summed E-state index contributed by atoms with van der Waals surface area (Å²) < 4.78 is 4.85. The third-order valence-electron chi connectivity index (χ3n) is 2.46. The van der Waals surface area contributed by atoms with Gasteiger partial charge in [0.2, 0.25) is 0 Å². The largest absolute Gasteiger partial charge is 0.504 e. The first-order valence-electron chi connectivity index (χ1n) is 5.87. The predicted molar refractivity (Wildman–Crippen MR) is 65.9 cm³/mol. The van der Waals surface area contributed by atoms with E-state index in [9.17, 15) is 14.7 Å². The molecule has 0 radical (unpaired) electrons. The van der Waals surface area contributed by atoms with Crippen molar-refractivity contribution < 1.29 is 29.6 Å². The average Bonchev–Trinajstić information content (AvgIpc) is 2.36. The number of carboxylic acid groups (broad SMARTS) is 1. The van der Waals surface area contributed by atoms with Crippen LogP contribution in [0.3, 0.4) is 0 Å².